The van der Waals surface area contributed by atoms with Gasteiger partial charge in [-0.1, -0.05) is 60.7 Å². The Morgan fingerprint density at radius 2 is 1.97 bits per heavy atom. The van der Waals surface area contributed by atoms with Gasteiger partial charge in [-0.15, -0.1) is 0 Å². The van der Waals surface area contributed by atoms with Gasteiger partial charge in [0.25, 0.3) is 0 Å². The molecule has 0 spiro atoms. The van der Waals surface area contributed by atoms with Crippen LogP contribution in [0.1, 0.15) is 16.7 Å². The fourth-order valence-corrected chi connectivity index (χ4v) is 4.88. The number of fused-ring (bicyclic) bond motifs is 1. The van der Waals surface area contributed by atoms with Crippen molar-refractivity contribution in [1.29, 1.82) is 10.0 Å². The SMILES string of the molecule is CNC=C1/C(=C/c2ccc(F)c(C#N)c2)C=CC(Cc2ccc3ccccc3c2)NS1=N. The molecule has 4 nitrogen and oxygen atoms in total. The lowest BCUT2D eigenvalue weighted by atomic mass is 10.0. The van der Waals surface area contributed by atoms with E-state index in [4.69, 9.17) is 10.0 Å². The summed E-state index contributed by atoms with van der Waals surface area (Å²) in [5.41, 5.74) is 2.77. The average Bonchev–Trinajstić information content (AvgIpc) is 2.94. The zero-order valence-corrected chi connectivity index (χ0v) is 18.4. The van der Waals surface area contributed by atoms with Crippen molar-refractivity contribution in [3.05, 3.63) is 112 Å². The van der Waals surface area contributed by atoms with E-state index in [0.717, 1.165) is 22.5 Å². The molecule has 0 radical (unpaired) electrons. The molecule has 32 heavy (non-hydrogen) atoms. The second kappa shape index (κ2) is 9.73. The summed E-state index contributed by atoms with van der Waals surface area (Å²) in [5.74, 6) is -0.533. The van der Waals surface area contributed by atoms with Gasteiger partial charge in [0.05, 0.1) is 10.5 Å². The van der Waals surface area contributed by atoms with Crippen LogP contribution in [0.3, 0.4) is 0 Å². The molecule has 0 amide bonds. The van der Waals surface area contributed by atoms with Crippen molar-refractivity contribution in [3.63, 3.8) is 0 Å². The Morgan fingerprint density at radius 3 is 2.75 bits per heavy atom. The lowest BCUT2D eigenvalue weighted by molar-refractivity contribution is 0.624. The van der Waals surface area contributed by atoms with E-state index < -0.39 is 16.7 Å². The molecule has 1 aliphatic rings. The quantitative estimate of drug-likeness (QED) is 0.509. The first-order valence-electron chi connectivity index (χ1n) is 10.2. The minimum Gasteiger partial charge on any atom is -0.393 e. The standard InChI is InChI=1S/C26H23FN4S/c1-30-17-26-22(13-18-7-11-25(27)23(14-18)16-28)9-10-24(31-32(26)29)15-19-6-8-20-4-2-3-5-21(20)12-19/h2-14,17,24,30H,15H2,1H3,(H2,29,31)/b22-13+,26-17?. The molecule has 0 aliphatic carbocycles. The molecule has 1 heterocycles. The number of allylic oxidation sites excluding steroid dienone is 2. The maximum Gasteiger partial charge on any atom is 0.140 e. The zero-order valence-electron chi connectivity index (χ0n) is 17.6. The molecule has 0 saturated carbocycles. The van der Waals surface area contributed by atoms with Gasteiger partial charge in [0.2, 0.25) is 0 Å². The topological polar surface area (TPSA) is 71.7 Å². The van der Waals surface area contributed by atoms with Crippen molar-refractivity contribution in [1.82, 2.24) is 10.0 Å². The highest BCUT2D eigenvalue weighted by atomic mass is 32.2. The largest absolute Gasteiger partial charge is 0.393 e. The summed E-state index contributed by atoms with van der Waals surface area (Å²) in [7, 11) is 0.838. The van der Waals surface area contributed by atoms with Crippen LogP contribution in [0.25, 0.3) is 16.8 Å². The highest BCUT2D eigenvalue weighted by molar-refractivity contribution is 7.88. The normalized spacial score (nSPS) is 20.9. The van der Waals surface area contributed by atoms with Crippen molar-refractivity contribution in [2.24, 2.45) is 0 Å². The van der Waals surface area contributed by atoms with E-state index in [2.05, 4.69) is 46.4 Å². The van der Waals surface area contributed by atoms with E-state index in [9.17, 15) is 4.39 Å². The van der Waals surface area contributed by atoms with Crippen molar-refractivity contribution < 1.29 is 4.39 Å². The van der Waals surface area contributed by atoms with E-state index in [1.165, 1.54) is 28.5 Å². The van der Waals surface area contributed by atoms with Gasteiger partial charge in [0.1, 0.15) is 11.9 Å². The van der Waals surface area contributed by atoms with E-state index in [1.807, 2.05) is 36.6 Å². The monoisotopic (exact) mass is 442 g/mol. The van der Waals surface area contributed by atoms with E-state index >= 15 is 0 Å². The summed E-state index contributed by atoms with van der Waals surface area (Å²) >= 11 is 0. The molecule has 0 saturated heterocycles. The first kappa shape index (κ1) is 21.7. The number of nitrogens with one attached hydrogen (secondary N) is 3. The van der Waals surface area contributed by atoms with Crippen LogP contribution in [0.5, 0.6) is 0 Å². The molecule has 0 aromatic heterocycles. The molecule has 3 N–H and O–H groups in total. The number of hydrogen-bond acceptors (Lipinski definition) is 3. The molecule has 3 aromatic carbocycles. The highest BCUT2D eigenvalue weighted by Crippen LogP contribution is 2.24. The van der Waals surface area contributed by atoms with Crippen LogP contribution in [0.2, 0.25) is 0 Å². The third-order valence-electron chi connectivity index (χ3n) is 5.26. The molecule has 0 fully saturated rings. The summed E-state index contributed by atoms with van der Waals surface area (Å²) in [6, 6.07) is 21.1. The maximum absolute atomic E-state index is 13.7. The third-order valence-corrected chi connectivity index (χ3v) is 6.59. The summed E-state index contributed by atoms with van der Waals surface area (Å²) in [5, 5.41) is 14.6. The van der Waals surface area contributed by atoms with Gasteiger partial charge in [-0.25, -0.2) is 9.11 Å². The van der Waals surface area contributed by atoms with Crippen molar-refractivity contribution in [2.75, 3.05) is 7.05 Å². The Morgan fingerprint density at radius 1 is 1.16 bits per heavy atom. The number of rotatable bonds is 4. The minimum absolute atomic E-state index is 0.00766. The molecule has 0 bridgehead atoms. The fourth-order valence-electron chi connectivity index (χ4n) is 3.69. The number of nitrogens with zero attached hydrogens (tertiary/aromatic N) is 1. The summed E-state index contributed by atoms with van der Waals surface area (Å²) in [4.78, 5) is 0.799. The average molecular weight is 443 g/mol. The molecule has 2 atom stereocenters. The smallest absolute Gasteiger partial charge is 0.140 e. The van der Waals surface area contributed by atoms with E-state index in [1.54, 1.807) is 13.1 Å². The van der Waals surface area contributed by atoms with Crippen LogP contribution in [-0.2, 0) is 17.3 Å². The zero-order chi connectivity index (χ0) is 22.5. The summed E-state index contributed by atoms with van der Waals surface area (Å²) in [6.07, 6.45) is 8.53. The molecule has 160 valence electrons. The van der Waals surface area contributed by atoms with Crippen LogP contribution in [-0.4, -0.2) is 13.1 Å². The number of nitriles is 1. The number of benzene rings is 3. The second-order valence-electron chi connectivity index (χ2n) is 7.52. The van der Waals surface area contributed by atoms with Gasteiger partial charge in [-0.05, 0) is 63.0 Å². The lowest BCUT2D eigenvalue weighted by Gasteiger charge is -2.16. The van der Waals surface area contributed by atoms with E-state index in [0.29, 0.717) is 0 Å². The maximum atomic E-state index is 13.7. The molecule has 1 aliphatic heterocycles. The van der Waals surface area contributed by atoms with Crippen LogP contribution < -0.4 is 10.0 Å². The lowest BCUT2D eigenvalue weighted by Crippen LogP contribution is -2.30. The van der Waals surface area contributed by atoms with Crippen LogP contribution in [0, 0.1) is 21.9 Å². The van der Waals surface area contributed by atoms with Gasteiger partial charge in [-0.3, -0.25) is 4.78 Å². The molecule has 4 rings (SSSR count). The van der Waals surface area contributed by atoms with Crippen LogP contribution in [0.15, 0.2) is 89.5 Å². The van der Waals surface area contributed by atoms with Crippen molar-refractivity contribution in [2.45, 2.75) is 12.5 Å². The van der Waals surface area contributed by atoms with Crippen LogP contribution in [0.4, 0.5) is 4.39 Å². The first-order chi connectivity index (χ1) is 15.6. The number of hydrogen-bond donors (Lipinski definition) is 3. The molecule has 3 aromatic rings. The Bertz CT molecular complexity index is 1320. The predicted molar refractivity (Wildman–Crippen MR) is 130 cm³/mol. The minimum atomic E-state index is -0.963. The van der Waals surface area contributed by atoms with Crippen molar-refractivity contribution >= 4 is 27.7 Å². The summed E-state index contributed by atoms with van der Waals surface area (Å²) in [6.45, 7) is 0. The second-order valence-corrected chi connectivity index (χ2v) is 8.81. The van der Waals surface area contributed by atoms with Crippen LogP contribution >= 0.6 is 0 Å². The molecular weight excluding hydrogens is 419 g/mol. The molecular formula is C26H23FN4S. The van der Waals surface area contributed by atoms with Gasteiger partial charge in [0.15, 0.2) is 0 Å². The van der Waals surface area contributed by atoms with Gasteiger partial charge >= 0.3 is 0 Å². The Hall–Kier alpha value is -3.53. The Labute approximate surface area is 189 Å². The Kier molecular flexibility index (Phi) is 6.60. The third kappa shape index (κ3) is 4.86. The van der Waals surface area contributed by atoms with Gasteiger partial charge in [-0.2, -0.15) is 5.26 Å². The molecule has 6 heteroatoms. The summed E-state index contributed by atoms with van der Waals surface area (Å²) < 4.78 is 25.8. The predicted octanol–water partition coefficient (Wildman–Crippen LogP) is 5.36. The number of halogens is 1. The Balaban J connectivity index is 1.65. The van der Waals surface area contributed by atoms with E-state index in [-0.39, 0.29) is 11.6 Å². The molecule has 2 unspecified atom stereocenters. The first-order valence-corrected chi connectivity index (χ1v) is 11.5. The van der Waals surface area contributed by atoms with Gasteiger partial charge < -0.3 is 5.32 Å². The van der Waals surface area contributed by atoms with Crippen molar-refractivity contribution in [3.8, 4) is 6.07 Å². The van der Waals surface area contributed by atoms with Gasteiger partial charge in [0, 0.05) is 19.3 Å². The fraction of sp³-hybridized carbons (Fsp3) is 0.115. The highest BCUT2D eigenvalue weighted by Gasteiger charge is 2.18.